The molecule has 0 bridgehead atoms. The standard InChI is InChI=1S/C23H16Cl3F2NO/c24-15-7-4-14(20(26)10-15)12-30-29-23(13-5-8-16(27)9-6-13)18-11-17(18)22-19(25)2-1-3-21(22)28/h1-10,17-18H,11-12H2/b29-23-/t17-,18+/m0/s1. The lowest BCUT2D eigenvalue weighted by Crippen LogP contribution is -2.07. The van der Waals surface area contributed by atoms with Crippen molar-refractivity contribution < 1.29 is 13.6 Å². The minimum absolute atomic E-state index is 0.0921. The Morgan fingerprint density at radius 2 is 1.73 bits per heavy atom. The second-order valence-corrected chi connectivity index (χ2v) is 8.33. The zero-order valence-corrected chi connectivity index (χ0v) is 17.9. The highest BCUT2D eigenvalue weighted by Gasteiger charge is 2.45. The van der Waals surface area contributed by atoms with Crippen molar-refractivity contribution in [2.45, 2.75) is 18.9 Å². The van der Waals surface area contributed by atoms with Gasteiger partial charge in [-0.05, 0) is 54.3 Å². The molecule has 3 aromatic carbocycles. The van der Waals surface area contributed by atoms with Crippen molar-refractivity contribution in [1.29, 1.82) is 0 Å². The summed E-state index contributed by atoms with van der Waals surface area (Å²) in [6.45, 7) is 0.137. The largest absolute Gasteiger partial charge is 0.391 e. The summed E-state index contributed by atoms with van der Waals surface area (Å²) in [4.78, 5) is 5.57. The number of hydrogen-bond acceptors (Lipinski definition) is 2. The molecule has 2 nitrogen and oxygen atoms in total. The minimum atomic E-state index is -0.351. The fraction of sp³-hybridized carbons (Fsp3) is 0.174. The maximum absolute atomic E-state index is 14.4. The van der Waals surface area contributed by atoms with Crippen molar-refractivity contribution in [2.24, 2.45) is 11.1 Å². The van der Waals surface area contributed by atoms with E-state index in [0.717, 1.165) is 5.56 Å². The van der Waals surface area contributed by atoms with Crippen LogP contribution in [-0.2, 0) is 11.4 Å². The van der Waals surface area contributed by atoms with Gasteiger partial charge in [-0.1, -0.05) is 64.2 Å². The number of rotatable bonds is 6. The summed E-state index contributed by atoms with van der Waals surface area (Å²) >= 11 is 18.3. The summed E-state index contributed by atoms with van der Waals surface area (Å²) in [5, 5.41) is 5.71. The molecule has 0 radical (unpaired) electrons. The Morgan fingerprint density at radius 3 is 2.43 bits per heavy atom. The van der Waals surface area contributed by atoms with Gasteiger partial charge in [0, 0.05) is 32.1 Å². The van der Waals surface area contributed by atoms with E-state index >= 15 is 0 Å². The van der Waals surface area contributed by atoms with E-state index in [1.165, 1.54) is 18.2 Å². The molecule has 3 aromatic rings. The smallest absolute Gasteiger partial charge is 0.143 e. The first-order valence-electron chi connectivity index (χ1n) is 9.27. The average molecular weight is 467 g/mol. The van der Waals surface area contributed by atoms with Crippen LogP contribution >= 0.6 is 34.8 Å². The van der Waals surface area contributed by atoms with E-state index in [1.54, 1.807) is 42.5 Å². The first kappa shape index (κ1) is 21.1. The van der Waals surface area contributed by atoms with Gasteiger partial charge in [-0.3, -0.25) is 0 Å². The molecule has 0 unspecified atom stereocenters. The molecule has 0 spiro atoms. The van der Waals surface area contributed by atoms with E-state index < -0.39 is 0 Å². The molecule has 1 saturated carbocycles. The zero-order chi connectivity index (χ0) is 21.3. The fourth-order valence-electron chi connectivity index (χ4n) is 3.45. The van der Waals surface area contributed by atoms with Gasteiger partial charge in [0.05, 0.1) is 5.71 Å². The monoisotopic (exact) mass is 465 g/mol. The Morgan fingerprint density at radius 1 is 0.967 bits per heavy atom. The van der Waals surface area contributed by atoms with Gasteiger partial charge in [-0.2, -0.15) is 0 Å². The summed E-state index contributed by atoms with van der Waals surface area (Å²) < 4.78 is 27.8. The van der Waals surface area contributed by atoms with E-state index in [4.69, 9.17) is 39.6 Å². The maximum Gasteiger partial charge on any atom is 0.143 e. The number of hydrogen-bond donors (Lipinski definition) is 0. The Labute approximate surface area is 188 Å². The molecule has 0 N–H and O–H groups in total. The average Bonchev–Trinajstić information content (AvgIpc) is 3.47. The highest BCUT2D eigenvalue weighted by atomic mass is 35.5. The normalized spacial score (nSPS) is 18.4. The SMILES string of the molecule is Fc1ccc(/C(=N/OCc2ccc(Cl)cc2Cl)[C@@H]2C[C@@H]2c2c(F)cccc2Cl)cc1. The molecule has 154 valence electrons. The third-order valence-corrected chi connectivity index (χ3v) is 5.97. The third kappa shape index (κ3) is 4.61. The Balaban J connectivity index is 1.59. The molecule has 0 heterocycles. The number of halogens is 5. The van der Waals surface area contributed by atoms with Crippen molar-refractivity contribution >= 4 is 40.5 Å². The van der Waals surface area contributed by atoms with Crippen LogP contribution in [0, 0.1) is 17.6 Å². The molecule has 0 aromatic heterocycles. The van der Waals surface area contributed by atoms with Gasteiger partial charge in [-0.15, -0.1) is 0 Å². The van der Waals surface area contributed by atoms with Crippen LogP contribution in [-0.4, -0.2) is 5.71 Å². The van der Waals surface area contributed by atoms with Crippen molar-refractivity contribution in [3.63, 3.8) is 0 Å². The quantitative estimate of drug-likeness (QED) is 0.270. The highest BCUT2D eigenvalue weighted by molar-refractivity contribution is 6.35. The number of benzene rings is 3. The van der Waals surface area contributed by atoms with Gasteiger partial charge >= 0.3 is 0 Å². The zero-order valence-electron chi connectivity index (χ0n) is 15.6. The molecular formula is C23H16Cl3F2NO. The first-order valence-corrected chi connectivity index (χ1v) is 10.4. The van der Waals surface area contributed by atoms with Crippen LogP contribution in [0.3, 0.4) is 0 Å². The Bertz CT molecular complexity index is 1080. The summed E-state index contributed by atoms with van der Waals surface area (Å²) in [6.07, 6.45) is 0.669. The van der Waals surface area contributed by atoms with Gasteiger partial charge in [0.15, 0.2) is 0 Å². The molecule has 0 saturated heterocycles. The van der Waals surface area contributed by atoms with E-state index in [0.29, 0.717) is 38.3 Å². The van der Waals surface area contributed by atoms with E-state index in [2.05, 4.69) is 5.16 Å². The van der Waals surface area contributed by atoms with Gasteiger partial charge in [0.25, 0.3) is 0 Å². The minimum Gasteiger partial charge on any atom is -0.391 e. The topological polar surface area (TPSA) is 21.6 Å². The predicted molar refractivity (Wildman–Crippen MR) is 116 cm³/mol. The van der Waals surface area contributed by atoms with Crippen LogP contribution in [0.5, 0.6) is 0 Å². The lowest BCUT2D eigenvalue weighted by Gasteiger charge is -2.10. The van der Waals surface area contributed by atoms with E-state index in [1.807, 2.05) is 0 Å². The lowest BCUT2D eigenvalue weighted by molar-refractivity contribution is 0.130. The molecular weight excluding hydrogens is 451 g/mol. The summed E-state index contributed by atoms with van der Waals surface area (Å²) in [6, 6.07) is 15.7. The van der Waals surface area contributed by atoms with Gasteiger partial charge in [-0.25, -0.2) is 8.78 Å². The molecule has 1 aliphatic rings. The summed E-state index contributed by atoms with van der Waals surface area (Å²) in [5.74, 6) is -0.908. The van der Waals surface area contributed by atoms with E-state index in [-0.39, 0.29) is 30.1 Å². The van der Waals surface area contributed by atoms with Crippen LogP contribution in [0.2, 0.25) is 15.1 Å². The molecule has 30 heavy (non-hydrogen) atoms. The van der Waals surface area contributed by atoms with Gasteiger partial charge < -0.3 is 4.84 Å². The van der Waals surface area contributed by atoms with Crippen molar-refractivity contribution in [2.75, 3.05) is 0 Å². The van der Waals surface area contributed by atoms with E-state index in [9.17, 15) is 8.78 Å². The molecule has 1 fully saturated rings. The number of oxime groups is 1. The van der Waals surface area contributed by atoms with Crippen LogP contribution in [0.4, 0.5) is 8.78 Å². The van der Waals surface area contributed by atoms with Gasteiger partial charge in [0.2, 0.25) is 0 Å². The van der Waals surface area contributed by atoms with Crippen LogP contribution in [0.25, 0.3) is 0 Å². The number of nitrogens with zero attached hydrogens (tertiary/aromatic N) is 1. The Kier molecular flexibility index (Phi) is 6.28. The summed E-state index contributed by atoms with van der Waals surface area (Å²) in [5.41, 5.74) is 2.52. The molecule has 0 aliphatic heterocycles. The molecule has 0 amide bonds. The molecule has 1 aliphatic carbocycles. The van der Waals surface area contributed by atoms with Crippen molar-refractivity contribution in [1.82, 2.24) is 0 Å². The van der Waals surface area contributed by atoms with Crippen LogP contribution in [0.15, 0.2) is 65.8 Å². The predicted octanol–water partition coefficient (Wildman–Crippen LogP) is 7.65. The summed E-state index contributed by atoms with van der Waals surface area (Å²) in [7, 11) is 0. The van der Waals surface area contributed by atoms with Crippen molar-refractivity contribution in [3.05, 3.63) is 104 Å². The second kappa shape index (κ2) is 8.93. The molecule has 7 heteroatoms. The van der Waals surface area contributed by atoms with Crippen LogP contribution < -0.4 is 0 Å². The second-order valence-electron chi connectivity index (χ2n) is 7.08. The highest BCUT2D eigenvalue weighted by Crippen LogP contribution is 2.52. The third-order valence-electron chi connectivity index (χ3n) is 5.05. The van der Waals surface area contributed by atoms with Crippen LogP contribution in [0.1, 0.15) is 29.0 Å². The van der Waals surface area contributed by atoms with Gasteiger partial charge in [0.1, 0.15) is 18.2 Å². The lowest BCUT2D eigenvalue weighted by atomic mass is 10.0. The molecule has 2 atom stereocenters. The maximum atomic E-state index is 14.4. The first-order chi connectivity index (χ1) is 14.4. The Hall–Kier alpha value is -2.14. The fourth-order valence-corrected chi connectivity index (χ4v) is 4.21. The molecule has 4 rings (SSSR count). The van der Waals surface area contributed by atoms with Crippen molar-refractivity contribution in [3.8, 4) is 0 Å².